The Morgan fingerprint density at radius 3 is 2.09 bits per heavy atom. The molecule has 0 radical (unpaired) electrons. The molecular weight excluding hydrogens is 408 g/mol. The van der Waals surface area contributed by atoms with Gasteiger partial charge in [-0.3, -0.25) is 0 Å². The second-order valence-electron chi connectivity index (χ2n) is 9.06. The van der Waals surface area contributed by atoms with Gasteiger partial charge in [-0.1, -0.05) is 13.3 Å². The third-order valence-corrected chi connectivity index (χ3v) is 5.78. The van der Waals surface area contributed by atoms with Crippen LogP contribution in [0.25, 0.3) is 11.1 Å². The lowest BCUT2D eigenvalue weighted by atomic mass is 9.89. The summed E-state index contributed by atoms with van der Waals surface area (Å²) in [6.07, 6.45) is 2.79. The number of aromatic hydroxyl groups is 1. The van der Waals surface area contributed by atoms with E-state index in [-0.39, 0.29) is 17.5 Å². The van der Waals surface area contributed by atoms with Crippen LogP contribution in [0.3, 0.4) is 0 Å². The Morgan fingerprint density at radius 1 is 0.906 bits per heavy atom. The Hall–Kier alpha value is -2.60. The van der Waals surface area contributed by atoms with Crippen molar-refractivity contribution >= 4 is 0 Å². The van der Waals surface area contributed by atoms with Gasteiger partial charge in [0.1, 0.15) is 11.5 Å². The van der Waals surface area contributed by atoms with Gasteiger partial charge < -0.3 is 28.8 Å². The molecule has 0 spiro atoms. The maximum atomic E-state index is 11.5. The second-order valence-corrected chi connectivity index (χ2v) is 9.06. The molecular formula is C26H36O6. The van der Waals surface area contributed by atoms with Gasteiger partial charge in [-0.25, -0.2) is 0 Å². The summed E-state index contributed by atoms with van der Waals surface area (Å²) in [4.78, 5) is 0. The van der Waals surface area contributed by atoms with Crippen LogP contribution in [0.15, 0.2) is 12.1 Å². The van der Waals surface area contributed by atoms with Crippen molar-refractivity contribution in [3.63, 3.8) is 0 Å². The molecule has 0 amide bonds. The molecule has 1 N–H and O–H groups in total. The molecule has 2 aromatic rings. The fraction of sp³-hybridized carbons (Fsp3) is 0.538. The number of benzene rings is 2. The van der Waals surface area contributed by atoms with E-state index < -0.39 is 0 Å². The van der Waals surface area contributed by atoms with E-state index in [0.29, 0.717) is 35.0 Å². The minimum Gasteiger partial charge on any atom is -0.507 e. The highest BCUT2D eigenvalue weighted by molar-refractivity contribution is 5.88. The average Bonchev–Trinajstić information content (AvgIpc) is 2.90. The molecule has 2 aromatic carbocycles. The van der Waals surface area contributed by atoms with Crippen molar-refractivity contribution in [1.29, 1.82) is 0 Å². The van der Waals surface area contributed by atoms with Gasteiger partial charge in [0.05, 0.1) is 40.1 Å². The van der Waals surface area contributed by atoms with Gasteiger partial charge in [-0.15, -0.1) is 0 Å². The zero-order valence-electron chi connectivity index (χ0n) is 20.5. The normalized spacial score (nSPS) is 15.4. The van der Waals surface area contributed by atoms with Crippen molar-refractivity contribution in [2.75, 3.05) is 28.4 Å². The number of phenols is 1. The molecule has 32 heavy (non-hydrogen) atoms. The lowest BCUT2D eigenvalue weighted by molar-refractivity contribution is -0.0651. The monoisotopic (exact) mass is 444 g/mol. The van der Waals surface area contributed by atoms with Gasteiger partial charge in [0.25, 0.3) is 0 Å². The predicted octanol–water partition coefficient (Wildman–Crippen LogP) is 5.85. The van der Waals surface area contributed by atoms with Crippen LogP contribution < -0.4 is 18.9 Å². The van der Waals surface area contributed by atoms with Gasteiger partial charge in [0.15, 0.2) is 11.5 Å². The zero-order chi connectivity index (χ0) is 23.6. The number of phenolic OH excluding ortho intramolecular Hbond substituents is 1. The molecule has 0 aliphatic heterocycles. The number of hydrogen-bond acceptors (Lipinski definition) is 6. The molecule has 0 unspecified atom stereocenters. The topological polar surface area (TPSA) is 66.4 Å². The van der Waals surface area contributed by atoms with Gasteiger partial charge in [-0.05, 0) is 63.3 Å². The number of hydrogen-bond donors (Lipinski definition) is 1. The van der Waals surface area contributed by atoms with Gasteiger partial charge in [-0.2, -0.15) is 0 Å². The van der Waals surface area contributed by atoms with Crippen LogP contribution in [-0.2, 0) is 17.6 Å². The number of aryl methyl sites for hydroxylation is 2. The van der Waals surface area contributed by atoms with E-state index >= 15 is 0 Å². The highest BCUT2D eigenvalue weighted by Gasteiger charge is 2.36. The number of rotatable bonds is 7. The van der Waals surface area contributed by atoms with Crippen LogP contribution in [0, 0.1) is 0 Å². The molecule has 0 heterocycles. The van der Waals surface area contributed by atoms with E-state index in [1.807, 2.05) is 32.9 Å². The van der Waals surface area contributed by atoms with Crippen LogP contribution >= 0.6 is 0 Å². The fourth-order valence-electron chi connectivity index (χ4n) is 4.57. The lowest BCUT2D eigenvalue weighted by Crippen LogP contribution is -2.23. The van der Waals surface area contributed by atoms with Crippen LogP contribution in [0.4, 0.5) is 0 Å². The molecule has 0 fully saturated rings. The van der Waals surface area contributed by atoms with E-state index in [1.165, 1.54) is 0 Å². The summed E-state index contributed by atoms with van der Waals surface area (Å²) in [5.41, 5.74) is 3.79. The summed E-state index contributed by atoms with van der Waals surface area (Å²) in [6, 6.07) is 3.91. The summed E-state index contributed by atoms with van der Waals surface area (Å²) in [5, 5.41) is 11.5. The van der Waals surface area contributed by atoms with Crippen LogP contribution in [0.1, 0.15) is 63.3 Å². The van der Waals surface area contributed by atoms with Crippen LogP contribution in [0.5, 0.6) is 28.7 Å². The third kappa shape index (κ3) is 4.33. The zero-order valence-corrected chi connectivity index (χ0v) is 20.5. The van der Waals surface area contributed by atoms with Crippen molar-refractivity contribution in [1.82, 2.24) is 0 Å². The summed E-state index contributed by atoms with van der Waals surface area (Å²) in [6.45, 7) is 8.20. The van der Waals surface area contributed by atoms with E-state index in [9.17, 15) is 5.11 Å². The van der Waals surface area contributed by atoms with Crippen LogP contribution in [0.2, 0.25) is 0 Å². The highest BCUT2D eigenvalue weighted by atomic mass is 16.5. The van der Waals surface area contributed by atoms with E-state index in [2.05, 4.69) is 6.92 Å². The van der Waals surface area contributed by atoms with E-state index in [1.54, 1.807) is 28.4 Å². The standard InChI is InChI=1S/C26H36O6/c1-9-10-16-14-18(28-5)21-17(32-26(2,3)4)12-11-15-13-19(29-6)24(30-7)25(31-8)20(15)22(21)23(16)27/h13-14,17,27H,9-12H2,1-8H3/t17-/m1/s1. The molecule has 0 saturated heterocycles. The van der Waals surface area contributed by atoms with Crippen molar-refractivity contribution in [3.8, 4) is 39.9 Å². The largest absolute Gasteiger partial charge is 0.507 e. The second kappa shape index (κ2) is 9.49. The Morgan fingerprint density at radius 2 is 1.56 bits per heavy atom. The summed E-state index contributed by atoms with van der Waals surface area (Å²) >= 11 is 0. The molecule has 0 aromatic heterocycles. The summed E-state index contributed by atoms with van der Waals surface area (Å²) in [5.74, 6) is 2.56. The summed E-state index contributed by atoms with van der Waals surface area (Å²) in [7, 11) is 6.47. The van der Waals surface area contributed by atoms with Crippen molar-refractivity contribution in [2.45, 2.75) is 65.1 Å². The first-order chi connectivity index (χ1) is 15.2. The minimum atomic E-state index is -0.374. The van der Waals surface area contributed by atoms with Crippen molar-refractivity contribution in [3.05, 3.63) is 28.8 Å². The van der Waals surface area contributed by atoms with Gasteiger partial charge in [0.2, 0.25) is 5.75 Å². The Kier molecular flexibility index (Phi) is 7.13. The van der Waals surface area contributed by atoms with Gasteiger partial charge in [0, 0.05) is 16.7 Å². The molecule has 6 heteroatoms. The lowest BCUT2D eigenvalue weighted by Gasteiger charge is -2.30. The molecule has 1 aliphatic rings. The SMILES string of the molecule is CCCc1cc(OC)c2c(c1O)-c1c(cc(OC)c(OC)c1OC)CC[C@H]2OC(C)(C)C. The maximum Gasteiger partial charge on any atom is 0.203 e. The van der Waals surface area contributed by atoms with Crippen LogP contribution in [-0.4, -0.2) is 39.1 Å². The molecule has 176 valence electrons. The molecule has 1 aliphatic carbocycles. The first-order valence-electron chi connectivity index (χ1n) is 11.1. The minimum absolute atomic E-state index is 0.235. The van der Waals surface area contributed by atoms with E-state index in [0.717, 1.165) is 41.5 Å². The van der Waals surface area contributed by atoms with Crippen molar-refractivity contribution in [2.24, 2.45) is 0 Å². The number of ether oxygens (including phenoxy) is 5. The van der Waals surface area contributed by atoms with Crippen molar-refractivity contribution < 1.29 is 28.8 Å². The third-order valence-electron chi connectivity index (χ3n) is 5.78. The summed E-state index contributed by atoms with van der Waals surface area (Å²) < 4.78 is 29.5. The van der Waals surface area contributed by atoms with Gasteiger partial charge >= 0.3 is 0 Å². The number of methoxy groups -OCH3 is 4. The first kappa shape index (κ1) is 24.1. The molecule has 1 atom stereocenters. The maximum absolute atomic E-state index is 11.5. The fourth-order valence-corrected chi connectivity index (χ4v) is 4.57. The average molecular weight is 445 g/mol. The molecule has 0 bridgehead atoms. The number of fused-ring (bicyclic) bond motifs is 3. The Balaban J connectivity index is 2.46. The van der Waals surface area contributed by atoms with E-state index in [4.69, 9.17) is 23.7 Å². The Labute approximate surface area is 191 Å². The quantitative estimate of drug-likeness (QED) is 0.578. The predicted molar refractivity (Wildman–Crippen MR) is 126 cm³/mol. The molecule has 6 nitrogen and oxygen atoms in total. The smallest absolute Gasteiger partial charge is 0.203 e. The Bertz CT molecular complexity index is 974. The molecule has 3 rings (SSSR count). The highest BCUT2D eigenvalue weighted by Crippen LogP contribution is 2.56. The molecule has 0 saturated carbocycles. The first-order valence-corrected chi connectivity index (χ1v) is 11.1.